The van der Waals surface area contributed by atoms with E-state index in [4.69, 9.17) is 4.42 Å². The summed E-state index contributed by atoms with van der Waals surface area (Å²) in [6.45, 7) is 0. The van der Waals surface area contributed by atoms with E-state index in [2.05, 4.69) is 4.99 Å². The normalized spacial score (nSPS) is 13.4. The minimum absolute atomic E-state index is 0.0609. The minimum atomic E-state index is -0.669. The first-order valence-corrected chi connectivity index (χ1v) is 5.18. The van der Waals surface area contributed by atoms with Crippen molar-refractivity contribution >= 4 is 17.3 Å². The minimum Gasteiger partial charge on any atom is -0.461 e. The van der Waals surface area contributed by atoms with Crippen molar-refractivity contribution in [2.45, 2.75) is 0 Å². The fourth-order valence-corrected chi connectivity index (χ4v) is 1.84. The van der Waals surface area contributed by atoms with Crippen LogP contribution in [0.3, 0.4) is 0 Å². The van der Waals surface area contributed by atoms with Crippen LogP contribution in [0.1, 0.15) is 10.6 Å². The molecule has 4 nitrogen and oxygen atoms in total. The van der Waals surface area contributed by atoms with Gasteiger partial charge >= 0.3 is 0 Å². The number of hydrogen-bond donors (Lipinski definition) is 0. The summed E-state index contributed by atoms with van der Waals surface area (Å²) < 4.78 is 18.0. The zero-order chi connectivity index (χ0) is 12.7. The fraction of sp³-hybridized carbons (Fsp3) is 0. The van der Waals surface area contributed by atoms with Gasteiger partial charge < -0.3 is 4.42 Å². The Morgan fingerprint density at radius 2 is 2.11 bits per heavy atom. The smallest absolute Gasteiger partial charge is 0.282 e. The van der Waals surface area contributed by atoms with Crippen LogP contribution in [-0.4, -0.2) is 11.7 Å². The van der Waals surface area contributed by atoms with Gasteiger partial charge in [-0.2, -0.15) is 0 Å². The molecular formula is C13H6FNO3. The summed E-state index contributed by atoms with van der Waals surface area (Å²) in [5, 5.41) is 0.512. The molecule has 1 aromatic carbocycles. The Morgan fingerprint density at radius 1 is 1.28 bits per heavy atom. The monoisotopic (exact) mass is 243 g/mol. The van der Waals surface area contributed by atoms with E-state index in [1.54, 1.807) is 6.07 Å². The van der Waals surface area contributed by atoms with Crippen LogP contribution in [0.25, 0.3) is 5.57 Å². The number of carbonyl (C=O) groups is 2. The van der Waals surface area contributed by atoms with E-state index < -0.39 is 17.5 Å². The van der Waals surface area contributed by atoms with Crippen molar-refractivity contribution in [3.05, 3.63) is 58.7 Å². The first-order valence-electron chi connectivity index (χ1n) is 5.18. The SMILES string of the molecule is O=C1N=c2cc(F)ccc2=C1C(=O)c1ccco1. The summed E-state index contributed by atoms with van der Waals surface area (Å²) in [7, 11) is 0. The van der Waals surface area contributed by atoms with E-state index >= 15 is 0 Å². The lowest BCUT2D eigenvalue weighted by Crippen LogP contribution is -2.25. The van der Waals surface area contributed by atoms with Crippen molar-refractivity contribution in [1.82, 2.24) is 0 Å². The summed E-state index contributed by atoms with van der Waals surface area (Å²) in [6, 6.07) is 6.69. The van der Waals surface area contributed by atoms with Crippen LogP contribution in [0.2, 0.25) is 0 Å². The van der Waals surface area contributed by atoms with Gasteiger partial charge in [-0.05, 0) is 24.3 Å². The Kier molecular flexibility index (Phi) is 2.19. The van der Waals surface area contributed by atoms with E-state index in [1.165, 1.54) is 24.5 Å². The molecule has 5 heteroatoms. The van der Waals surface area contributed by atoms with Crippen LogP contribution in [0.5, 0.6) is 0 Å². The van der Waals surface area contributed by atoms with Gasteiger partial charge in [-0.3, -0.25) is 9.59 Å². The summed E-state index contributed by atoms with van der Waals surface area (Å²) in [5.74, 6) is -1.65. The quantitative estimate of drug-likeness (QED) is 0.726. The summed E-state index contributed by atoms with van der Waals surface area (Å²) in [5.41, 5.74) is -0.0834. The molecule has 1 amide bonds. The molecule has 0 fully saturated rings. The van der Waals surface area contributed by atoms with Gasteiger partial charge in [-0.15, -0.1) is 0 Å². The standard InChI is InChI=1S/C13H6FNO3/c14-7-3-4-8-9(6-7)15-13(17)11(8)12(16)10-2-1-5-18-10/h1-6H. The Hall–Kier alpha value is -2.56. The van der Waals surface area contributed by atoms with Gasteiger partial charge in [-0.1, -0.05) is 0 Å². The molecule has 0 atom stereocenters. The molecule has 0 saturated heterocycles. The highest BCUT2D eigenvalue weighted by Crippen LogP contribution is 2.11. The highest BCUT2D eigenvalue weighted by Gasteiger charge is 2.26. The Balaban J connectivity index is 2.26. The average molecular weight is 243 g/mol. The molecule has 0 radical (unpaired) electrons. The molecule has 1 aromatic heterocycles. The average Bonchev–Trinajstić information content (AvgIpc) is 2.94. The number of rotatable bonds is 2. The van der Waals surface area contributed by atoms with E-state index in [1.807, 2.05) is 0 Å². The third kappa shape index (κ3) is 1.48. The van der Waals surface area contributed by atoms with Crippen molar-refractivity contribution in [2.75, 3.05) is 0 Å². The number of furan rings is 1. The van der Waals surface area contributed by atoms with Crippen molar-refractivity contribution in [2.24, 2.45) is 4.99 Å². The number of nitrogens with zero attached hydrogens (tertiary/aromatic N) is 1. The van der Waals surface area contributed by atoms with Crippen LogP contribution in [-0.2, 0) is 4.79 Å². The Labute approximate surface area is 100 Å². The maximum atomic E-state index is 13.0. The molecule has 0 spiro atoms. The van der Waals surface area contributed by atoms with Gasteiger partial charge in [0.2, 0.25) is 5.78 Å². The molecular weight excluding hydrogens is 237 g/mol. The van der Waals surface area contributed by atoms with Gasteiger partial charge in [0.05, 0.1) is 11.6 Å². The van der Waals surface area contributed by atoms with E-state index in [9.17, 15) is 14.0 Å². The Morgan fingerprint density at radius 3 is 2.83 bits per heavy atom. The topological polar surface area (TPSA) is 59.6 Å². The molecule has 2 heterocycles. The number of ketones is 1. The van der Waals surface area contributed by atoms with Crippen molar-refractivity contribution in [3.63, 3.8) is 0 Å². The molecule has 0 unspecified atom stereocenters. The van der Waals surface area contributed by atoms with Crippen LogP contribution in [0.4, 0.5) is 4.39 Å². The maximum absolute atomic E-state index is 13.0. The zero-order valence-corrected chi connectivity index (χ0v) is 9.01. The highest BCUT2D eigenvalue weighted by atomic mass is 19.1. The van der Waals surface area contributed by atoms with Crippen LogP contribution < -0.4 is 10.6 Å². The van der Waals surface area contributed by atoms with Crippen LogP contribution >= 0.6 is 0 Å². The lowest BCUT2D eigenvalue weighted by atomic mass is 10.1. The molecule has 3 rings (SSSR count). The van der Waals surface area contributed by atoms with Crippen LogP contribution in [0.15, 0.2) is 46.0 Å². The third-order valence-electron chi connectivity index (χ3n) is 2.64. The van der Waals surface area contributed by atoms with Crippen molar-refractivity contribution in [1.29, 1.82) is 0 Å². The number of halogens is 1. The second-order valence-electron chi connectivity index (χ2n) is 3.76. The number of Topliss-reactive ketones (excluding diaryl/α,β-unsaturated/α-hetero) is 1. The second kappa shape index (κ2) is 3.73. The lowest BCUT2D eigenvalue weighted by molar-refractivity contribution is -0.112. The molecule has 0 bridgehead atoms. The van der Waals surface area contributed by atoms with E-state index in [0.29, 0.717) is 5.22 Å². The summed E-state index contributed by atoms with van der Waals surface area (Å²) in [6.07, 6.45) is 1.34. The second-order valence-corrected chi connectivity index (χ2v) is 3.76. The molecule has 1 aliphatic heterocycles. The van der Waals surface area contributed by atoms with Crippen LogP contribution in [0, 0.1) is 5.82 Å². The van der Waals surface area contributed by atoms with Gasteiger partial charge in [-0.25, -0.2) is 9.38 Å². The molecule has 1 aliphatic rings. The van der Waals surface area contributed by atoms with E-state index in [-0.39, 0.29) is 16.7 Å². The third-order valence-corrected chi connectivity index (χ3v) is 2.64. The molecule has 0 aliphatic carbocycles. The van der Waals surface area contributed by atoms with Gasteiger partial charge in [0.25, 0.3) is 5.91 Å². The highest BCUT2D eigenvalue weighted by molar-refractivity contribution is 6.45. The number of hydrogen-bond acceptors (Lipinski definition) is 3. The lowest BCUT2D eigenvalue weighted by Gasteiger charge is -1.95. The number of benzene rings is 1. The van der Waals surface area contributed by atoms with E-state index in [0.717, 1.165) is 6.07 Å². The molecule has 18 heavy (non-hydrogen) atoms. The summed E-state index contributed by atoms with van der Waals surface area (Å²) >= 11 is 0. The van der Waals surface area contributed by atoms with Crippen molar-refractivity contribution in [3.8, 4) is 0 Å². The predicted molar refractivity (Wildman–Crippen MR) is 58.6 cm³/mol. The molecule has 88 valence electrons. The first kappa shape index (κ1) is 10.6. The fourth-order valence-electron chi connectivity index (χ4n) is 1.84. The Bertz CT molecular complexity index is 775. The maximum Gasteiger partial charge on any atom is 0.282 e. The number of amides is 1. The van der Waals surface area contributed by atoms with Gasteiger partial charge in [0.1, 0.15) is 11.4 Å². The molecule has 0 N–H and O–H groups in total. The first-order chi connectivity index (χ1) is 8.66. The largest absolute Gasteiger partial charge is 0.461 e. The predicted octanol–water partition coefficient (Wildman–Crippen LogP) is 0.612. The number of fused-ring (bicyclic) bond motifs is 1. The molecule has 0 saturated carbocycles. The molecule has 2 aromatic rings. The zero-order valence-electron chi connectivity index (χ0n) is 9.01. The van der Waals surface area contributed by atoms with Gasteiger partial charge in [0, 0.05) is 11.3 Å². The van der Waals surface area contributed by atoms with Gasteiger partial charge in [0.15, 0.2) is 5.76 Å². The summed E-state index contributed by atoms with van der Waals surface area (Å²) in [4.78, 5) is 27.4. The van der Waals surface area contributed by atoms with Crippen molar-refractivity contribution < 1.29 is 18.4 Å². The number of carbonyl (C=O) groups excluding carboxylic acids is 2.